The van der Waals surface area contributed by atoms with Gasteiger partial charge < -0.3 is 14.9 Å². The quantitative estimate of drug-likeness (QED) is 0.361. The van der Waals surface area contributed by atoms with Crippen LogP contribution in [0.1, 0.15) is 12.8 Å². The first-order valence-electron chi connectivity index (χ1n) is 4.43. The number of allylic oxidation sites excluding steroid dienone is 2. The lowest BCUT2D eigenvalue weighted by Crippen LogP contribution is -2.33. The van der Waals surface area contributed by atoms with E-state index in [2.05, 4.69) is 19.7 Å². The van der Waals surface area contributed by atoms with Crippen LogP contribution in [0.2, 0.25) is 0 Å². The van der Waals surface area contributed by atoms with Crippen molar-refractivity contribution in [2.24, 2.45) is 0 Å². The molecule has 5 nitrogen and oxygen atoms in total. The van der Waals surface area contributed by atoms with Gasteiger partial charge in [0.2, 0.25) is 0 Å². The van der Waals surface area contributed by atoms with Crippen LogP contribution in [0.3, 0.4) is 0 Å². The van der Waals surface area contributed by atoms with E-state index in [9.17, 15) is 19.1 Å². The SMILES string of the molecule is C=CCC(CC=C)(C(=C)C(=O)O)P(=O)(O)O. The molecule has 0 aromatic heterocycles. The Balaban J connectivity index is 5.69. The molecule has 0 aliphatic carbocycles. The molecule has 0 atom stereocenters. The molecule has 0 aromatic rings. The van der Waals surface area contributed by atoms with Crippen molar-refractivity contribution >= 4 is 13.6 Å². The first-order chi connectivity index (χ1) is 7.23. The van der Waals surface area contributed by atoms with E-state index < -0.39 is 24.3 Å². The summed E-state index contributed by atoms with van der Waals surface area (Å²) in [7, 11) is -4.67. The maximum Gasteiger partial charge on any atom is 0.336 e. The van der Waals surface area contributed by atoms with Crippen LogP contribution in [0.5, 0.6) is 0 Å². The van der Waals surface area contributed by atoms with E-state index in [1.807, 2.05) is 0 Å². The van der Waals surface area contributed by atoms with Crippen LogP contribution in [0.15, 0.2) is 37.5 Å². The number of hydrogen-bond donors (Lipinski definition) is 3. The summed E-state index contributed by atoms with van der Waals surface area (Å²) in [6.07, 6.45) is 2.18. The summed E-state index contributed by atoms with van der Waals surface area (Å²) in [5.41, 5.74) is -0.527. The van der Waals surface area contributed by atoms with Crippen LogP contribution in [0.25, 0.3) is 0 Å². The molecule has 0 saturated carbocycles. The maximum absolute atomic E-state index is 11.5. The molecule has 0 rings (SSSR count). The Morgan fingerprint density at radius 2 is 1.62 bits per heavy atom. The van der Waals surface area contributed by atoms with Crippen LogP contribution in [0.4, 0.5) is 0 Å². The topological polar surface area (TPSA) is 94.8 Å². The lowest BCUT2D eigenvalue weighted by molar-refractivity contribution is -0.133. The molecular formula is C10H15O5P. The van der Waals surface area contributed by atoms with E-state index in [4.69, 9.17) is 5.11 Å². The van der Waals surface area contributed by atoms with Crippen LogP contribution < -0.4 is 0 Å². The predicted molar refractivity (Wildman–Crippen MR) is 61.2 cm³/mol. The lowest BCUT2D eigenvalue weighted by atomic mass is 9.92. The Hall–Kier alpha value is -1.16. The van der Waals surface area contributed by atoms with Gasteiger partial charge in [0.25, 0.3) is 0 Å². The number of carbonyl (C=O) groups is 1. The fourth-order valence-electron chi connectivity index (χ4n) is 1.42. The lowest BCUT2D eigenvalue weighted by Gasteiger charge is -2.32. The van der Waals surface area contributed by atoms with Gasteiger partial charge in [0.1, 0.15) is 5.16 Å². The minimum absolute atomic E-state index is 0.172. The second-order valence-corrected chi connectivity index (χ2v) is 5.29. The van der Waals surface area contributed by atoms with Crippen molar-refractivity contribution in [1.29, 1.82) is 0 Å². The van der Waals surface area contributed by atoms with E-state index in [0.29, 0.717) is 0 Å². The molecule has 0 saturated heterocycles. The summed E-state index contributed by atoms with van der Waals surface area (Å²) in [6.45, 7) is 9.99. The highest BCUT2D eigenvalue weighted by Crippen LogP contribution is 2.58. The zero-order valence-corrected chi connectivity index (χ0v) is 9.69. The fourth-order valence-corrected chi connectivity index (χ4v) is 2.60. The van der Waals surface area contributed by atoms with Gasteiger partial charge in [0.15, 0.2) is 0 Å². The third-order valence-corrected chi connectivity index (χ3v) is 4.09. The number of carboxylic acids is 1. The maximum atomic E-state index is 11.5. The molecule has 3 N–H and O–H groups in total. The van der Waals surface area contributed by atoms with Crippen molar-refractivity contribution in [1.82, 2.24) is 0 Å². The Bertz CT molecular complexity index is 355. The fraction of sp³-hybridized carbons (Fsp3) is 0.300. The molecule has 0 aliphatic heterocycles. The second kappa shape index (κ2) is 5.25. The largest absolute Gasteiger partial charge is 0.478 e. The Morgan fingerprint density at radius 3 is 1.81 bits per heavy atom. The molecule has 0 radical (unpaired) electrons. The normalized spacial score (nSPS) is 11.9. The summed E-state index contributed by atoms with van der Waals surface area (Å²) < 4.78 is 11.5. The molecule has 0 unspecified atom stereocenters. The molecule has 0 heterocycles. The highest BCUT2D eigenvalue weighted by molar-refractivity contribution is 7.54. The number of rotatable bonds is 7. The molecule has 0 fully saturated rings. The van der Waals surface area contributed by atoms with Gasteiger partial charge in [0, 0.05) is 5.57 Å². The van der Waals surface area contributed by atoms with Crippen molar-refractivity contribution in [2.75, 3.05) is 0 Å². The standard InChI is InChI=1S/C10H15O5P/c1-4-6-10(7-5-2,16(13,14)15)8(3)9(11)12/h4-5H,1-3,6-7H2,(H,11,12)(H2,13,14,15). The second-order valence-electron chi connectivity index (χ2n) is 3.34. The predicted octanol–water partition coefficient (Wildman–Crippen LogP) is 1.70. The highest BCUT2D eigenvalue weighted by Gasteiger charge is 2.49. The van der Waals surface area contributed by atoms with E-state index in [-0.39, 0.29) is 12.8 Å². The van der Waals surface area contributed by atoms with E-state index >= 15 is 0 Å². The molecule has 0 aromatic carbocycles. The van der Waals surface area contributed by atoms with Gasteiger partial charge in [-0.1, -0.05) is 18.7 Å². The van der Waals surface area contributed by atoms with Gasteiger partial charge in [-0.2, -0.15) is 0 Å². The zero-order chi connectivity index (χ0) is 13.0. The highest BCUT2D eigenvalue weighted by atomic mass is 31.2. The van der Waals surface area contributed by atoms with Gasteiger partial charge in [-0.05, 0) is 12.8 Å². The molecule has 90 valence electrons. The Kier molecular flexibility index (Phi) is 4.87. The summed E-state index contributed by atoms with van der Waals surface area (Å²) in [5, 5.41) is 6.98. The van der Waals surface area contributed by atoms with Crippen LogP contribution in [-0.4, -0.2) is 26.0 Å². The van der Waals surface area contributed by atoms with Crippen LogP contribution in [0, 0.1) is 0 Å². The van der Waals surface area contributed by atoms with Crippen molar-refractivity contribution in [3.8, 4) is 0 Å². The average Bonchev–Trinajstić information content (AvgIpc) is 2.14. The molecule has 0 spiro atoms. The number of carboxylic acid groups (broad SMARTS) is 1. The van der Waals surface area contributed by atoms with Gasteiger partial charge in [0.05, 0.1) is 0 Å². The molecular weight excluding hydrogens is 231 g/mol. The van der Waals surface area contributed by atoms with E-state index in [1.165, 1.54) is 12.2 Å². The summed E-state index contributed by atoms with van der Waals surface area (Å²) >= 11 is 0. The van der Waals surface area contributed by atoms with E-state index in [0.717, 1.165) is 0 Å². The van der Waals surface area contributed by atoms with Gasteiger partial charge in [-0.25, -0.2) is 4.79 Å². The number of aliphatic carboxylic acids is 1. The van der Waals surface area contributed by atoms with Crippen molar-refractivity contribution < 1.29 is 24.3 Å². The summed E-state index contributed by atoms with van der Waals surface area (Å²) in [4.78, 5) is 29.4. The molecule has 0 amide bonds. The van der Waals surface area contributed by atoms with Gasteiger partial charge in [-0.15, -0.1) is 13.2 Å². The van der Waals surface area contributed by atoms with Crippen LogP contribution >= 0.6 is 7.60 Å². The zero-order valence-electron chi connectivity index (χ0n) is 8.80. The molecule has 0 aliphatic rings. The monoisotopic (exact) mass is 246 g/mol. The summed E-state index contributed by atoms with van der Waals surface area (Å²) in [5.74, 6) is -1.44. The Labute approximate surface area is 94.0 Å². The summed E-state index contributed by atoms with van der Waals surface area (Å²) in [6, 6.07) is 0. The Morgan fingerprint density at radius 1 is 1.25 bits per heavy atom. The van der Waals surface area contributed by atoms with Crippen molar-refractivity contribution in [3.05, 3.63) is 37.5 Å². The molecule has 0 bridgehead atoms. The van der Waals surface area contributed by atoms with Crippen molar-refractivity contribution in [2.45, 2.75) is 18.0 Å². The van der Waals surface area contributed by atoms with E-state index in [1.54, 1.807) is 0 Å². The molecule has 6 heteroatoms. The average molecular weight is 246 g/mol. The molecule has 16 heavy (non-hydrogen) atoms. The van der Waals surface area contributed by atoms with Gasteiger partial charge >= 0.3 is 13.6 Å². The minimum atomic E-state index is -4.67. The first-order valence-corrected chi connectivity index (χ1v) is 6.04. The third-order valence-electron chi connectivity index (χ3n) is 2.34. The van der Waals surface area contributed by atoms with Crippen molar-refractivity contribution in [3.63, 3.8) is 0 Å². The van der Waals surface area contributed by atoms with Crippen LogP contribution in [-0.2, 0) is 9.36 Å². The third kappa shape index (κ3) is 2.70. The first kappa shape index (κ1) is 14.8. The smallest absolute Gasteiger partial charge is 0.336 e. The van der Waals surface area contributed by atoms with Gasteiger partial charge in [-0.3, -0.25) is 4.57 Å². The number of hydrogen-bond acceptors (Lipinski definition) is 2. The minimum Gasteiger partial charge on any atom is -0.478 e.